The fourth-order valence-electron chi connectivity index (χ4n) is 5.45. The van der Waals surface area contributed by atoms with E-state index in [0.29, 0.717) is 17.4 Å². The number of hydrogen-bond acceptors (Lipinski definition) is 7. The van der Waals surface area contributed by atoms with Gasteiger partial charge in [-0.2, -0.15) is 18.2 Å². The summed E-state index contributed by atoms with van der Waals surface area (Å²) in [4.78, 5) is 46.4. The Hall–Kier alpha value is -3.72. The van der Waals surface area contributed by atoms with Crippen LogP contribution in [0.1, 0.15) is 18.5 Å². The number of piperazine rings is 1. The summed E-state index contributed by atoms with van der Waals surface area (Å²) in [5.41, 5.74) is -3.32. The normalized spacial score (nSPS) is 17.5. The number of benzene rings is 2. The number of thiazole rings is 1. The molecule has 1 N–H and O–H groups in total. The Morgan fingerprint density at radius 1 is 1.12 bits per heavy atom. The van der Waals surface area contributed by atoms with E-state index in [9.17, 15) is 31.9 Å². The molecule has 1 fully saturated rings. The van der Waals surface area contributed by atoms with Crippen molar-refractivity contribution in [2.24, 2.45) is 0 Å². The maximum atomic E-state index is 15.5. The number of nitrogens with zero attached hydrogens (tertiary/aromatic N) is 4. The zero-order valence-electron chi connectivity index (χ0n) is 21.3. The molecule has 41 heavy (non-hydrogen) atoms. The van der Waals surface area contributed by atoms with E-state index in [1.54, 1.807) is 11.8 Å². The molecule has 4 aromatic rings. The predicted octanol–water partition coefficient (Wildman–Crippen LogP) is 4.76. The number of carbonyl (C=O) groups excluding carboxylic acids is 1. The second-order valence-corrected chi connectivity index (χ2v) is 11.7. The maximum absolute atomic E-state index is 15.5. The third kappa shape index (κ3) is 4.33. The molecule has 0 spiro atoms. The van der Waals surface area contributed by atoms with Crippen molar-refractivity contribution in [3.8, 4) is 11.1 Å². The number of anilines is 1. The van der Waals surface area contributed by atoms with Gasteiger partial charge in [0.1, 0.15) is 17.5 Å². The zero-order valence-corrected chi connectivity index (χ0v) is 22.9. The Kier molecular flexibility index (Phi) is 6.48. The van der Waals surface area contributed by atoms with Crippen molar-refractivity contribution >= 4 is 55.9 Å². The first-order valence-electron chi connectivity index (χ1n) is 12.4. The van der Waals surface area contributed by atoms with Crippen LogP contribution in [0.2, 0.25) is 0 Å². The number of halogens is 5. The van der Waals surface area contributed by atoms with Gasteiger partial charge >= 0.3 is 16.7 Å². The van der Waals surface area contributed by atoms with Crippen molar-refractivity contribution in [3.63, 3.8) is 0 Å². The number of rotatable bonds is 3. The lowest BCUT2D eigenvalue weighted by Crippen LogP contribution is -2.49. The summed E-state index contributed by atoms with van der Waals surface area (Å²) >= 11 is 1.45. The minimum absolute atomic E-state index is 0.0204. The number of hydrogen-bond donors (Lipinski definition) is 1. The molecule has 4 heterocycles. The van der Waals surface area contributed by atoms with Crippen LogP contribution in [0, 0.1) is 11.6 Å². The average molecular weight is 610 g/mol. The van der Waals surface area contributed by atoms with Crippen LogP contribution < -0.4 is 15.5 Å². The number of nitrogens with one attached hydrogen (secondary N) is 1. The first-order chi connectivity index (χ1) is 19.4. The number of H-pyrrole nitrogens is 1. The summed E-state index contributed by atoms with van der Waals surface area (Å²) in [6, 6.07) is 0.851. The van der Waals surface area contributed by atoms with Gasteiger partial charge in [-0.3, -0.25) is 14.2 Å². The average Bonchev–Trinajstić information content (AvgIpc) is 3.32. The Morgan fingerprint density at radius 3 is 2.49 bits per heavy atom. The van der Waals surface area contributed by atoms with Crippen LogP contribution in [0.4, 0.5) is 27.8 Å². The third-order valence-electron chi connectivity index (χ3n) is 7.28. The molecular weight excluding hydrogens is 589 g/mol. The van der Waals surface area contributed by atoms with Crippen LogP contribution in [0.25, 0.3) is 32.2 Å². The third-order valence-corrected chi connectivity index (χ3v) is 9.51. The molecule has 0 aliphatic carbocycles. The molecule has 0 saturated carbocycles. The SMILES string of the molecule is C=CC(=O)N1CCN(c2nc(=O)n3c4c(c(-c5c(F)cc(F)c6sc(=O)[nH]c56)c(C(F)(F)F)cc24)SC[C@@H]3C)CC1. The summed E-state index contributed by atoms with van der Waals surface area (Å²) in [5.74, 6) is -2.44. The van der Waals surface area contributed by atoms with Crippen molar-refractivity contribution in [1.29, 1.82) is 0 Å². The van der Waals surface area contributed by atoms with E-state index < -0.39 is 51.1 Å². The number of amides is 1. The van der Waals surface area contributed by atoms with E-state index >= 15 is 4.39 Å². The second kappa shape index (κ2) is 9.69. The minimum Gasteiger partial charge on any atom is -0.352 e. The van der Waals surface area contributed by atoms with Crippen LogP contribution in [-0.4, -0.2) is 57.3 Å². The van der Waals surface area contributed by atoms with Gasteiger partial charge < -0.3 is 14.8 Å². The molecule has 2 aliphatic rings. The molecule has 8 nitrogen and oxygen atoms in total. The molecule has 2 aromatic heterocycles. The van der Waals surface area contributed by atoms with Gasteiger partial charge in [-0.25, -0.2) is 13.6 Å². The van der Waals surface area contributed by atoms with E-state index in [4.69, 9.17) is 0 Å². The molecule has 1 atom stereocenters. The molecule has 214 valence electrons. The first kappa shape index (κ1) is 27.4. The highest BCUT2D eigenvalue weighted by molar-refractivity contribution is 7.99. The van der Waals surface area contributed by atoms with Crippen molar-refractivity contribution in [1.82, 2.24) is 19.4 Å². The topological polar surface area (TPSA) is 91.3 Å². The predicted molar refractivity (Wildman–Crippen MR) is 147 cm³/mol. The van der Waals surface area contributed by atoms with Gasteiger partial charge in [0.15, 0.2) is 0 Å². The Balaban J connectivity index is 1.69. The van der Waals surface area contributed by atoms with Crippen LogP contribution in [0.15, 0.2) is 39.3 Å². The fourth-order valence-corrected chi connectivity index (χ4v) is 7.46. The summed E-state index contributed by atoms with van der Waals surface area (Å²) in [5, 5.41) is 0.0378. The Bertz CT molecular complexity index is 1890. The fraction of sp³-hybridized carbons (Fsp3) is 0.308. The molecule has 0 radical (unpaired) electrons. The summed E-state index contributed by atoms with van der Waals surface area (Å²) in [6.07, 6.45) is -3.83. The first-order valence-corrected chi connectivity index (χ1v) is 14.2. The number of alkyl halides is 3. The highest BCUT2D eigenvalue weighted by atomic mass is 32.2. The quantitative estimate of drug-likeness (QED) is 0.266. The number of fused-ring (bicyclic) bond motifs is 1. The van der Waals surface area contributed by atoms with Crippen LogP contribution >= 0.6 is 23.1 Å². The zero-order chi connectivity index (χ0) is 29.4. The summed E-state index contributed by atoms with van der Waals surface area (Å²) in [6.45, 7) is 6.08. The molecule has 0 bridgehead atoms. The van der Waals surface area contributed by atoms with Gasteiger partial charge in [0.2, 0.25) is 5.91 Å². The maximum Gasteiger partial charge on any atom is 0.417 e. The molecule has 2 aliphatic heterocycles. The van der Waals surface area contributed by atoms with E-state index in [1.807, 2.05) is 0 Å². The van der Waals surface area contributed by atoms with Gasteiger partial charge in [0, 0.05) is 65.4 Å². The standard InChI is InChI=1S/C26H20F5N5O3S2/c1-3-16(37)34-4-6-35(7-5-34)23-12-8-13(26(29,30)31)17(22-20(12)36(24(38)33-23)11(2)10-40-22)18-14(27)9-15(28)21-19(18)32-25(39)41-21/h3,8-9,11H,1,4-7,10H2,2H3,(H,32,39)/t11-/m0/s1. The molecule has 2 aromatic carbocycles. The lowest BCUT2D eigenvalue weighted by molar-refractivity contribution is -0.137. The number of thioether (sulfide) groups is 1. The molecule has 1 amide bonds. The summed E-state index contributed by atoms with van der Waals surface area (Å²) in [7, 11) is 0. The van der Waals surface area contributed by atoms with Crippen LogP contribution in [0.5, 0.6) is 0 Å². The molecule has 0 unspecified atom stereocenters. The van der Waals surface area contributed by atoms with Gasteiger partial charge in [0.25, 0.3) is 0 Å². The Morgan fingerprint density at radius 2 is 1.83 bits per heavy atom. The molecular formula is C26H20F5N5O3S2. The van der Waals surface area contributed by atoms with Gasteiger partial charge in [0.05, 0.1) is 21.3 Å². The molecule has 1 saturated heterocycles. The van der Waals surface area contributed by atoms with Crippen molar-refractivity contribution in [2.75, 3.05) is 36.8 Å². The highest BCUT2D eigenvalue weighted by Crippen LogP contribution is 2.51. The van der Waals surface area contributed by atoms with Crippen LogP contribution in [0.3, 0.4) is 0 Å². The number of carbonyl (C=O) groups is 1. The highest BCUT2D eigenvalue weighted by Gasteiger charge is 2.40. The van der Waals surface area contributed by atoms with Gasteiger partial charge in [-0.1, -0.05) is 17.9 Å². The van der Waals surface area contributed by atoms with E-state index in [2.05, 4.69) is 16.5 Å². The molecule has 6 rings (SSSR count). The van der Waals surface area contributed by atoms with E-state index in [0.717, 1.165) is 17.8 Å². The Labute approximate surface area is 236 Å². The van der Waals surface area contributed by atoms with E-state index in [1.165, 1.54) is 15.5 Å². The summed E-state index contributed by atoms with van der Waals surface area (Å²) < 4.78 is 75.4. The van der Waals surface area contributed by atoms with Gasteiger partial charge in [-0.15, -0.1) is 11.8 Å². The van der Waals surface area contributed by atoms with Crippen LogP contribution in [-0.2, 0) is 11.0 Å². The lowest BCUT2D eigenvalue weighted by atomic mass is 9.94. The van der Waals surface area contributed by atoms with Crippen molar-refractivity contribution in [2.45, 2.75) is 24.0 Å². The van der Waals surface area contributed by atoms with Crippen molar-refractivity contribution < 1.29 is 26.7 Å². The van der Waals surface area contributed by atoms with Gasteiger partial charge in [-0.05, 0) is 19.1 Å². The monoisotopic (exact) mass is 609 g/mol. The van der Waals surface area contributed by atoms with Crippen molar-refractivity contribution in [3.05, 3.63) is 62.1 Å². The van der Waals surface area contributed by atoms with E-state index in [-0.39, 0.29) is 69.7 Å². The smallest absolute Gasteiger partial charge is 0.352 e. The molecule has 15 heteroatoms. The number of aromatic nitrogens is 3. The minimum atomic E-state index is -5.00. The lowest BCUT2D eigenvalue weighted by Gasteiger charge is -2.36. The largest absolute Gasteiger partial charge is 0.417 e. The second-order valence-electron chi connectivity index (χ2n) is 9.72. The number of aromatic amines is 1.